The molecular formula is C35H43N3O7. The Morgan fingerprint density at radius 2 is 1.78 bits per heavy atom. The lowest BCUT2D eigenvalue weighted by atomic mass is 9.90. The SMILES string of the molecule is CCCCCC(C(=O)NCNC(=O)c1ccc(-c2cccc(C3(C(=O)OC)CC3)c2)o1)C(CC)N(C=O)OCc1ccccc1. The summed E-state index contributed by atoms with van der Waals surface area (Å²) in [5.74, 6) is -0.963. The van der Waals surface area contributed by atoms with Gasteiger partial charge in [-0.3, -0.25) is 24.0 Å². The second-order valence-electron chi connectivity index (χ2n) is 11.3. The van der Waals surface area contributed by atoms with Gasteiger partial charge in [-0.2, -0.15) is 0 Å². The summed E-state index contributed by atoms with van der Waals surface area (Å²) < 4.78 is 10.8. The van der Waals surface area contributed by atoms with E-state index in [1.54, 1.807) is 12.1 Å². The molecule has 10 nitrogen and oxygen atoms in total. The normalized spacial score (nSPS) is 14.6. The van der Waals surface area contributed by atoms with Crippen LogP contribution in [0.25, 0.3) is 11.3 Å². The van der Waals surface area contributed by atoms with E-state index in [-0.39, 0.29) is 30.9 Å². The van der Waals surface area contributed by atoms with Crippen LogP contribution >= 0.6 is 0 Å². The van der Waals surface area contributed by atoms with E-state index in [0.717, 1.165) is 48.8 Å². The fourth-order valence-corrected chi connectivity index (χ4v) is 5.63. The van der Waals surface area contributed by atoms with Crippen molar-refractivity contribution in [3.8, 4) is 11.3 Å². The quantitative estimate of drug-likeness (QED) is 0.0633. The van der Waals surface area contributed by atoms with Gasteiger partial charge in [-0.25, -0.2) is 5.06 Å². The number of rotatable bonds is 18. The van der Waals surface area contributed by atoms with Crippen LogP contribution < -0.4 is 10.6 Å². The molecule has 3 amide bonds. The molecule has 1 aromatic heterocycles. The van der Waals surface area contributed by atoms with Gasteiger partial charge in [-0.05, 0) is 55.0 Å². The number of carbonyl (C=O) groups excluding carboxylic acids is 4. The summed E-state index contributed by atoms with van der Waals surface area (Å²) >= 11 is 0. The van der Waals surface area contributed by atoms with Crippen LogP contribution in [-0.2, 0) is 36.0 Å². The number of hydrogen-bond donors (Lipinski definition) is 2. The van der Waals surface area contributed by atoms with Crippen molar-refractivity contribution in [1.29, 1.82) is 0 Å². The molecule has 10 heteroatoms. The number of carbonyl (C=O) groups is 4. The monoisotopic (exact) mass is 617 g/mol. The van der Waals surface area contributed by atoms with Gasteiger partial charge in [0.15, 0.2) is 5.76 Å². The van der Waals surface area contributed by atoms with Gasteiger partial charge < -0.3 is 19.8 Å². The third-order valence-electron chi connectivity index (χ3n) is 8.36. The number of nitrogens with one attached hydrogen (secondary N) is 2. The number of benzene rings is 2. The van der Waals surface area contributed by atoms with Crippen molar-refractivity contribution < 1.29 is 33.2 Å². The minimum Gasteiger partial charge on any atom is -0.468 e. The summed E-state index contributed by atoms with van der Waals surface area (Å²) in [7, 11) is 1.39. The van der Waals surface area contributed by atoms with Crippen molar-refractivity contribution in [1.82, 2.24) is 15.7 Å². The highest BCUT2D eigenvalue weighted by atomic mass is 16.7. The Hall–Kier alpha value is -4.44. The zero-order valence-electron chi connectivity index (χ0n) is 26.3. The Bertz CT molecular complexity index is 1430. The highest BCUT2D eigenvalue weighted by Gasteiger charge is 2.52. The van der Waals surface area contributed by atoms with Crippen LogP contribution in [0.1, 0.15) is 80.5 Å². The average Bonchev–Trinajstić information content (AvgIpc) is 3.74. The van der Waals surface area contributed by atoms with Crippen LogP contribution in [0, 0.1) is 5.92 Å². The first-order valence-corrected chi connectivity index (χ1v) is 15.6. The number of furan rings is 1. The van der Waals surface area contributed by atoms with Crippen molar-refractivity contribution >= 4 is 24.2 Å². The summed E-state index contributed by atoms with van der Waals surface area (Å²) in [6, 6.07) is 19.8. The highest BCUT2D eigenvalue weighted by molar-refractivity contribution is 5.92. The number of amides is 3. The summed E-state index contributed by atoms with van der Waals surface area (Å²) in [6.45, 7) is 4.10. The van der Waals surface area contributed by atoms with Gasteiger partial charge >= 0.3 is 5.97 Å². The van der Waals surface area contributed by atoms with Crippen LogP contribution in [0.3, 0.4) is 0 Å². The van der Waals surface area contributed by atoms with E-state index < -0.39 is 23.3 Å². The number of methoxy groups -OCH3 is 1. The molecule has 1 fully saturated rings. The molecule has 45 heavy (non-hydrogen) atoms. The smallest absolute Gasteiger partial charge is 0.316 e. The summed E-state index contributed by atoms with van der Waals surface area (Å²) in [4.78, 5) is 56.5. The number of esters is 1. The van der Waals surface area contributed by atoms with Gasteiger partial charge in [0.2, 0.25) is 12.3 Å². The fraction of sp³-hybridized carbons (Fsp3) is 0.429. The molecule has 4 rings (SSSR count). The van der Waals surface area contributed by atoms with Crippen LogP contribution in [0.15, 0.2) is 71.1 Å². The number of unbranched alkanes of at least 4 members (excludes halogenated alkanes) is 2. The third-order valence-corrected chi connectivity index (χ3v) is 8.36. The van der Waals surface area contributed by atoms with E-state index in [1.807, 2.05) is 61.5 Å². The number of nitrogens with zero attached hydrogens (tertiary/aromatic N) is 1. The van der Waals surface area contributed by atoms with Crippen molar-refractivity contribution in [2.24, 2.45) is 5.92 Å². The van der Waals surface area contributed by atoms with Gasteiger partial charge in [-0.15, -0.1) is 0 Å². The first kappa shape index (κ1) is 33.5. The molecule has 0 radical (unpaired) electrons. The van der Waals surface area contributed by atoms with Crippen LogP contribution in [0.4, 0.5) is 0 Å². The van der Waals surface area contributed by atoms with Gasteiger partial charge in [0.1, 0.15) is 12.4 Å². The van der Waals surface area contributed by atoms with Gasteiger partial charge in [0, 0.05) is 5.56 Å². The minimum absolute atomic E-state index is 0.0890. The van der Waals surface area contributed by atoms with E-state index >= 15 is 0 Å². The summed E-state index contributed by atoms with van der Waals surface area (Å²) in [5.41, 5.74) is 1.90. The largest absolute Gasteiger partial charge is 0.468 e. The molecule has 1 aliphatic carbocycles. The number of hydroxylamine groups is 2. The van der Waals surface area contributed by atoms with Crippen molar-refractivity contribution in [3.63, 3.8) is 0 Å². The Morgan fingerprint density at radius 1 is 1.00 bits per heavy atom. The van der Waals surface area contributed by atoms with E-state index in [1.165, 1.54) is 12.2 Å². The molecular weight excluding hydrogens is 574 g/mol. The molecule has 2 atom stereocenters. The van der Waals surface area contributed by atoms with Crippen molar-refractivity contribution in [2.75, 3.05) is 13.8 Å². The standard InChI is InChI=1S/C35H43N3O7/c1-4-6-8-16-28(29(5-2)38(24-39)44-22-25-12-9-7-10-13-25)32(40)36-23-37-33(41)31-18-17-30(45-31)26-14-11-15-27(21-26)35(19-20-35)34(42)43-3/h7,9-15,17-18,21,24,28-29H,4-6,8,16,19-20,22-23H2,1-3H3,(H,36,40)(H,37,41). The Morgan fingerprint density at radius 3 is 2.44 bits per heavy atom. The maximum Gasteiger partial charge on any atom is 0.316 e. The summed E-state index contributed by atoms with van der Waals surface area (Å²) in [6.07, 6.45) is 5.94. The lowest BCUT2D eigenvalue weighted by Crippen LogP contribution is -2.48. The molecule has 1 saturated carbocycles. The Balaban J connectivity index is 1.36. The lowest BCUT2D eigenvalue weighted by molar-refractivity contribution is -0.200. The zero-order valence-corrected chi connectivity index (χ0v) is 26.3. The molecule has 240 valence electrons. The molecule has 2 unspecified atom stereocenters. The lowest BCUT2D eigenvalue weighted by Gasteiger charge is -2.32. The minimum atomic E-state index is -0.613. The van der Waals surface area contributed by atoms with Crippen molar-refractivity contribution in [3.05, 3.63) is 83.6 Å². The topological polar surface area (TPSA) is 127 Å². The first-order valence-electron chi connectivity index (χ1n) is 15.6. The Kier molecular flexibility index (Phi) is 11.9. The molecule has 2 aromatic carbocycles. The molecule has 3 aromatic rings. The fourth-order valence-electron chi connectivity index (χ4n) is 5.63. The third kappa shape index (κ3) is 8.39. The predicted octanol–water partition coefficient (Wildman–Crippen LogP) is 5.52. The summed E-state index contributed by atoms with van der Waals surface area (Å²) in [5, 5.41) is 6.75. The zero-order chi connectivity index (χ0) is 32.2. The molecule has 0 bridgehead atoms. The maximum atomic E-state index is 13.4. The second-order valence-corrected chi connectivity index (χ2v) is 11.3. The Labute approximate surface area is 264 Å². The van der Waals surface area contributed by atoms with E-state index in [2.05, 4.69) is 17.6 Å². The number of hydrogen-bond acceptors (Lipinski definition) is 7. The molecule has 0 saturated heterocycles. The molecule has 0 aliphatic heterocycles. The van der Waals surface area contributed by atoms with Crippen LogP contribution in [0.2, 0.25) is 0 Å². The van der Waals surface area contributed by atoms with Crippen LogP contribution in [-0.4, -0.2) is 49.1 Å². The van der Waals surface area contributed by atoms with Crippen molar-refractivity contribution in [2.45, 2.75) is 76.9 Å². The van der Waals surface area contributed by atoms with Gasteiger partial charge in [0.05, 0.1) is 31.2 Å². The molecule has 2 N–H and O–H groups in total. The second kappa shape index (κ2) is 16.0. The maximum absolute atomic E-state index is 13.4. The molecule has 1 heterocycles. The van der Waals surface area contributed by atoms with E-state index in [4.69, 9.17) is 14.0 Å². The predicted molar refractivity (Wildman–Crippen MR) is 168 cm³/mol. The highest BCUT2D eigenvalue weighted by Crippen LogP contribution is 2.49. The average molecular weight is 618 g/mol. The van der Waals surface area contributed by atoms with Crippen LogP contribution in [0.5, 0.6) is 0 Å². The van der Waals surface area contributed by atoms with Gasteiger partial charge in [0.25, 0.3) is 5.91 Å². The van der Waals surface area contributed by atoms with Gasteiger partial charge in [-0.1, -0.05) is 81.6 Å². The number of ether oxygens (including phenoxy) is 1. The first-order chi connectivity index (χ1) is 21.9. The molecule has 1 aliphatic rings. The molecule has 0 spiro atoms. The van der Waals surface area contributed by atoms with E-state index in [9.17, 15) is 19.2 Å². The van der Waals surface area contributed by atoms with E-state index in [0.29, 0.717) is 25.0 Å².